The summed E-state index contributed by atoms with van der Waals surface area (Å²) in [7, 11) is 0. The van der Waals surface area contributed by atoms with Gasteiger partial charge in [-0.25, -0.2) is 9.98 Å². The number of hydrogen-bond donors (Lipinski definition) is 0. The Bertz CT molecular complexity index is 1070. The standard InChI is InChI=1S/C20H18BrN5S/c21-18-7-2-1-6-17(18)19-14-27-20(24-16-5-3-8-22-13-16)26(19)11-4-10-25-12-9-23-15-25/h1-3,5-9,12-15H,4,10-11H2. The summed E-state index contributed by atoms with van der Waals surface area (Å²) in [6.45, 7) is 1.79. The predicted molar refractivity (Wildman–Crippen MR) is 112 cm³/mol. The van der Waals surface area contributed by atoms with Gasteiger partial charge in [0.1, 0.15) is 0 Å². The smallest absolute Gasteiger partial charge is 0.190 e. The molecule has 0 atom stereocenters. The number of aryl methyl sites for hydroxylation is 1. The number of pyridine rings is 1. The van der Waals surface area contributed by atoms with Crippen molar-refractivity contribution in [3.8, 4) is 11.3 Å². The number of thiazole rings is 1. The van der Waals surface area contributed by atoms with Crippen molar-refractivity contribution in [2.24, 2.45) is 4.99 Å². The van der Waals surface area contributed by atoms with Crippen LogP contribution in [-0.2, 0) is 13.1 Å². The first-order chi connectivity index (χ1) is 13.3. The van der Waals surface area contributed by atoms with Gasteiger partial charge in [0.15, 0.2) is 4.80 Å². The summed E-state index contributed by atoms with van der Waals surface area (Å²) in [6, 6.07) is 12.2. The van der Waals surface area contributed by atoms with Gasteiger partial charge in [-0.2, -0.15) is 0 Å². The van der Waals surface area contributed by atoms with Gasteiger partial charge in [0.05, 0.1) is 23.9 Å². The quantitative estimate of drug-likeness (QED) is 0.429. The molecule has 0 saturated heterocycles. The highest BCUT2D eigenvalue weighted by Crippen LogP contribution is 2.28. The minimum atomic E-state index is 0.862. The number of nitrogens with zero attached hydrogens (tertiary/aromatic N) is 5. The van der Waals surface area contributed by atoms with Gasteiger partial charge in [0, 0.05) is 47.1 Å². The van der Waals surface area contributed by atoms with Crippen LogP contribution < -0.4 is 4.80 Å². The topological polar surface area (TPSA) is 48.0 Å². The molecule has 0 aliphatic carbocycles. The van der Waals surface area contributed by atoms with E-state index in [1.54, 1.807) is 23.7 Å². The van der Waals surface area contributed by atoms with Gasteiger partial charge in [-0.1, -0.05) is 34.1 Å². The molecule has 5 nitrogen and oxygen atoms in total. The lowest BCUT2D eigenvalue weighted by Crippen LogP contribution is -2.17. The summed E-state index contributed by atoms with van der Waals surface area (Å²) in [5.74, 6) is 0. The van der Waals surface area contributed by atoms with E-state index in [-0.39, 0.29) is 0 Å². The van der Waals surface area contributed by atoms with E-state index in [0.29, 0.717) is 0 Å². The summed E-state index contributed by atoms with van der Waals surface area (Å²) in [4.78, 5) is 14.1. The highest BCUT2D eigenvalue weighted by Gasteiger charge is 2.11. The number of imidazole rings is 1. The first kappa shape index (κ1) is 17.9. The number of aromatic nitrogens is 4. The van der Waals surface area contributed by atoms with Crippen molar-refractivity contribution < 1.29 is 0 Å². The van der Waals surface area contributed by atoms with E-state index in [1.165, 1.54) is 11.3 Å². The fraction of sp³-hybridized carbons (Fsp3) is 0.150. The van der Waals surface area contributed by atoms with Gasteiger partial charge < -0.3 is 9.13 Å². The second-order valence-corrected chi connectivity index (χ2v) is 7.70. The average molecular weight is 440 g/mol. The molecule has 27 heavy (non-hydrogen) atoms. The largest absolute Gasteiger partial charge is 0.337 e. The van der Waals surface area contributed by atoms with Crippen molar-refractivity contribution in [1.29, 1.82) is 0 Å². The maximum atomic E-state index is 4.82. The van der Waals surface area contributed by atoms with Crippen LogP contribution in [0.3, 0.4) is 0 Å². The Morgan fingerprint density at radius 1 is 1.04 bits per heavy atom. The van der Waals surface area contributed by atoms with Crippen LogP contribution in [-0.4, -0.2) is 19.1 Å². The van der Waals surface area contributed by atoms with Gasteiger partial charge in [0.25, 0.3) is 0 Å². The van der Waals surface area contributed by atoms with Crippen molar-refractivity contribution in [3.05, 3.63) is 82.2 Å². The molecule has 0 saturated carbocycles. The average Bonchev–Trinajstić information content (AvgIpc) is 3.34. The second kappa shape index (κ2) is 8.45. The minimum absolute atomic E-state index is 0.862. The lowest BCUT2D eigenvalue weighted by atomic mass is 10.2. The van der Waals surface area contributed by atoms with E-state index in [9.17, 15) is 0 Å². The molecule has 1 aromatic carbocycles. The SMILES string of the molecule is Brc1ccccc1-c1csc(=Nc2cccnc2)n1CCCn1ccnc1. The molecule has 0 bridgehead atoms. The summed E-state index contributed by atoms with van der Waals surface area (Å²) >= 11 is 5.33. The molecule has 0 spiro atoms. The number of rotatable bonds is 6. The van der Waals surface area contributed by atoms with Crippen LogP contribution in [0.2, 0.25) is 0 Å². The predicted octanol–water partition coefficient (Wildman–Crippen LogP) is 4.89. The summed E-state index contributed by atoms with van der Waals surface area (Å²) in [5.41, 5.74) is 3.20. The molecule has 0 amide bonds. The first-order valence-electron chi connectivity index (χ1n) is 8.65. The Hall–Kier alpha value is -2.51. The monoisotopic (exact) mass is 439 g/mol. The van der Waals surface area contributed by atoms with Crippen molar-refractivity contribution in [3.63, 3.8) is 0 Å². The lowest BCUT2D eigenvalue weighted by Gasteiger charge is -2.11. The summed E-state index contributed by atoms with van der Waals surface area (Å²) < 4.78 is 5.47. The normalized spacial score (nSPS) is 11.8. The van der Waals surface area contributed by atoms with Crippen LogP contribution in [0.1, 0.15) is 6.42 Å². The highest BCUT2D eigenvalue weighted by atomic mass is 79.9. The second-order valence-electron chi connectivity index (χ2n) is 6.01. The van der Waals surface area contributed by atoms with E-state index in [4.69, 9.17) is 4.99 Å². The zero-order valence-electron chi connectivity index (χ0n) is 14.6. The Kier molecular flexibility index (Phi) is 5.60. The van der Waals surface area contributed by atoms with Crippen molar-refractivity contribution in [1.82, 2.24) is 19.1 Å². The van der Waals surface area contributed by atoms with E-state index in [1.807, 2.05) is 36.9 Å². The molecule has 0 N–H and O–H groups in total. The molecule has 7 heteroatoms. The zero-order valence-corrected chi connectivity index (χ0v) is 17.0. The Labute approximate surface area is 169 Å². The third kappa shape index (κ3) is 4.26. The fourth-order valence-corrected chi connectivity index (χ4v) is 4.31. The van der Waals surface area contributed by atoms with Crippen LogP contribution in [0.15, 0.2) is 82.4 Å². The zero-order chi connectivity index (χ0) is 18.5. The maximum Gasteiger partial charge on any atom is 0.190 e. The van der Waals surface area contributed by atoms with E-state index >= 15 is 0 Å². The van der Waals surface area contributed by atoms with Crippen molar-refractivity contribution >= 4 is 33.0 Å². The van der Waals surface area contributed by atoms with Gasteiger partial charge in [0.2, 0.25) is 0 Å². The molecule has 0 unspecified atom stereocenters. The molecule has 0 fully saturated rings. The Morgan fingerprint density at radius 3 is 2.74 bits per heavy atom. The van der Waals surface area contributed by atoms with E-state index in [2.05, 4.69) is 58.6 Å². The molecule has 0 aliphatic rings. The molecule has 4 rings (SSSR count). The molecule has 3 heterocycles. The summed E-state index contributed by atoms with van der Waals surface area (Å²) in [6.07, 6.45) is 10.2. The van der Waals surface area contributed by atoms with Gasteiger partial charge in [-0.15, -0.1) is 11.3 Å². The number of halogens is 1. The van der Waals surface area contributed by atoms with Crippen LogP contribution in [0, 0.1) is 0 Å². The van der Waals surface area contributed by atoms with Crippen LogP contribution in [0.5, 0.6) is 0 Å². The molecule has 0 radical (unpaired) electrons. The van der Waals surface area contributed by atoms with Gasteiger partial charge in [-0.3, -0.25) is 4.98 Å². The molecule has 3 aromatic heterocycles. The molecule has 0 aliphatic heterocycles. The van der Waals surface area contributed by atoms with Crippen molar-refractivity contribution in [2.45, 2.75) is 19.5 Å². The van der Waals surface area contributed by atoms with Crippen molar-refractivity contribution in [2.75, 3.05) is 0 Å². The van der Waals surface area contributed by atoms with E-state index in [0.717, 1.165) is 34.5 Å². The highest BCUT2D eigenvalue weighted by molar-refractivity contribution is 9.10. The third-order valence-corrected chi connectivity index (χ3v) is 5.73. The number of hydrogen-bond acceptors (Lipinski definition) is 4. The van der Waals surface area contributed by atoms with E-state index < -0.39 is 0 Å². The van der Waals surface area contributed by atoms with Crippen LogP contribution >= 0.6 is 27.3 Å². The lowest BCUT2D eigenvalue weighted by molar-refractivity contribution is 0.559. The molecular formula is C20H18BrN5S. The van der Waals surface area contributed by atoms with Crippen LogP contribution in [0.4, 0.5) is 5.69 Å². The van der Waals surface area contributed by atoms with Crippen LogP contribution in [0.25, 0.3) is 11.3 Å². The fourth-order valence-electron chi connectivity index (χ4n) is 2.88. The van der Waals surface area contributed by atoms with Gasteiger partial charge in [-0.05, 0) is 24.6 Å². The maximum absolute atomic E-state index is 4.82. The summed E-state index contributed by atoms with van der Waals surface area (Å²) in [5, 5.41) is 2.17. The Morgan fingerprint density at radius 2 is 1.96 bits per heavy atom. The minimum Gasteiger partial charge on any atom is -0.337 e. The third-order valence-electron chi connectivity index (χ3n) is 4.18. The Balaban J connectivity index is 1.71. The number of benzene rings is 1. The molecule has 4 aromatic rings. The first-order valence-corrected chi connectivity index (χ1v) is 10.3. The van der Waals surface area contributed by atoms with Gasteiger partial charge >= 0.3 is 0 Å². The molecular weight excluding hydrogens is 422 g/mol. The molecule has 136 valence electrons.